The maximum Gasteiger partial charge on any atom is 0.449 e. The number of phenolic OH excluding ortho intramolecular Hbond substituents is 1. The number of fused-ring (bicyclic) bond motifs is 1. The molecule has 0 aliphatic rings. The van der Waals surface area contributed by atoms with Crippen LogP contribution in [0.4, 0.5) is 13.2 Å². The molecule has 148 valence electrons. The lowest BCUT2D eigenvalue weighted by atomic mass is 10.0. The van der Waals surface area contributed by atoms with E-state index in [2.05, 4.69) is 36.8 Å². The third kappa shape index (κ3) is 3.79. The molecule has 0 unspecified atom stereocenters. The van der Waals surface area contributed by atoms with Crippen LogP contribution in [0.25, 0.3) is 22.2 Å². The number of halogens is 5. The van der Waals surface area contributed by atoms with Gasteiger partial charge < -0.3 is 9.67 Å². The fourth-order valence-electron chi connectivity index (χ4n) is 3.27. The lowest BCUT2D eigenvalue weighted by Gasteiger charge is -2.13. The van der Waals surface area contributed by atoms with E-state index >= 15 is 0 Å². The number of aromatic hydroxyl groups is 1. The summed E-state index contributed by atoms with van der Waals surface area (Å²) in [7, 11) is 0. The van der Waals surface area contributed by atoms with E-state index in [-0.39, 0.29) is 17.8 Å². The molecule has 0 fully saturated rings. The largest absolute Gasteiger partial charge is 0.508 e. The number of rotatable bonds is 3. The Labute approximate surface area is 181 Å². The van der Waals surface area contributed by atoms with Crippen molar-refractivity contribution in [2.24, 2.45) is 0 Å². The lowest BCUT2D eigenvalue weighted by Crippen LogP contribution is -2.15. The minimum Gasteiger partial charge on any atom is -0.508 e. The predicted octanol–water partition coefficient (Wildman–Crippen LogP) is 7.00. The number of alkyl halides is 3. The first kappa shape index (κ1) is 20.0. The van der Waals surface area contributed by atoms with Gasteiger partial charge >= 0.3 is 6.18 Å². The Kier molecular flexibility index (Phi) is 5.16. The van der Waals surface area contributed by atoms with Crippen LogP contribution >= 0.6 is 31.9 Å². The zero-order valence-electron chi connectivity index (χ0n) is 14.7. The molecule has 4 rings (SSSR count). The van der Waals surface area contributed by atoms with Crippen molar-refractivity contribution >= 4 is 42.9 Å². The number of hydrogen-bond acceptors (Lipinski definition) is 2. The fraction of sp³-hybridized carbons (Fsp3) is 0.0952. The van der Waals surface area contributed by atoms with Crippen molar-refractivity contribution in [2.75, 3.05) is 0 Å². The van der Waals surface area contributed by atoms with Crippen molar-refractivity contribution in [1.29, 1.82) is 0 Å². The molecule has 0 radical (unpaired) electrons. The first-order chi connectivity index (χ1) is 13.8. The Balaban J connectivity index is 2.04. The second-order valence-corrected chi connectivity index (χ2v) is 8.17. The second kappa shape index (κ2) is 7.50. The summed E-state index contributed by atoms with van der Waals surface area (Å²) in [5, 5.41) is 9.56. The molecule has 0 saturated carbocycles. The zero-order chi connectivity index (χ0) is 20.8. The molecule has 1 aromatic heterocycles. The first-order valence-electron chi connectivity index (χ1n) is 8.54. The van der Waals surface area contributed by atoms with Gasteiger partial charge in [0.1, 0.15) is 5.75 Å². The third-order valence-electron chi connectivity index (χ3n) is 4.52. The van der Waals surface area contributed by atoms with E-state index in [1.165, 1.54) is 16.7 Å². The van der Waals surface area contributed by atoms with Crippen molar-refractivity contribution in [3.63, 3.8) is 0 Å². The molecule has 3 nitrogen and oxygen atoms in total. The van der Waals surface area contributed by atoms with Gasteiger partial charge in [-0.05, 0) is 45.3 Å². The standard InChI is InChI=1S/C21H13Br2F3N2O/c22-15-10-16(23)19-18(17(15)13-6-8-14(29)9-7-13)27-20(21(24,25)26)28(19)11-12-4-2-1-3-5-12/h1-10,29H,11H2. The van der Waals surface area contributed by atoms with Gasteiger partial charge in [0.05, 0.1) is 11.0 Å². The quantitative estimate of drug-likeness (QED) is 0.312. The van der Waals surface area contributed by atoms with E-state index in [9.17, 15) is 18.3 Å². The topological polar surface area (TPSA) is 38.1 Å². The SMILES string of the molecule is Oc1ccc(-c2c(Br)cc(Br)c3c2nc(C(F)(F)F)n3Cc2ccccc2)cc1. The van der Waals surface area contributed by atoms with Gasteiger partial charge in [-0.1, -0.05) is 58.4 Å². The first-order valence-corrected chi connectivity index (χ1v) is 10.1. The van der Waals surface area contributed by atoms with E-state index in [0.29, 0.717) is 25.6 Å². The van der Waals surface area contributed by atoms with Crippen LogP contribution in [0.1, 0.15) is 11.4 Å². The number of nitrogens with zero attached hydrogens (tertiary/aromatic N) is 2. The molecule has 3 aromatic carbocycles. The van der Waals surface area contributed by atoms with Crippen LogP contribution in [0.5, 0.6) is 5.75 Å². The second-order valence-electron chi connectivity index (χ2n) is 6.46. The molecular weight excluding hydrogens is 513 g/mol. The van der Waals surface area contributed by atoms with Crippen molar-refractivity contribution in [3.8, 4) is 16.9 Å². The molecule has 4 aromatic rings. The number of phenols is 1. The molecule has 0 bridgehead atoms. The van der Waals surface area contributed by atoms with Gasteiger partial charge in [0.2, 0.25) is 5.82 Å². The highest BCUT2D eigenvalue weighted by Crippen LogP contribution is 2.42. The van der Waals surface area contributed by atoms with E-state index in [0.717, 1.165) is 5.56 Å². The number of imidazole rings is 1. The van der Waals surface area contributed by atoms with Crippen molar-refractivity contribution in [1.82, 2.24) is 9.55 Å². The van der Waals surface area contributed by atoms with Crippen LogP contribution in [-0.4, -0.2) is 14.7 Å². The normalized spacial score (nSPS) is 11.9. The van der Waals surface area contributed by atoms with E-state index in [1.807, 2.05) is 6.07 Å². The molecular formula is C21H13Br2F3N2O. The third-order valence-corrected chi connectivity index (χ3v) is 5.75. The van der Waals surface area contributed by atoms with Gasteiger partial charge in [0, 0.05) is 21.1 Å². The number of hydrogen-bond donors (Lipinski definition) is 1. The van der Waals surface area contributed by atoms with Gasteiger partial charge in [-0.3, -0.25) is 0 Å². The Hall–Kier alpha value is -2.32. The molecule has 29 heavy (non-hydrogen) atoms. The Bertz CT molecular complexity index is 1190. The monoisotopic (exact) mass is 524 g/mol. The summed E-state index contributed by atoms with van der Waals surface area (Å²) >= 11 is 6.86. The van der Waals surface area contributed by atoms with Gasteiger partial charge in [0.15, 0.2) is 0 Å². The summed E-state index contributed by atoms with van der Waals surface area (Å²) in [5.74, 6) is -0.890. The average molecular weight is 526 g/mol. The van der Waals surface area contributed by atoms with Crippen molar-refractivity contribution < 1.29 is 18.3 Å². The minimum atomic E-state index is -4.62. The van der Waals surface area contributed by atoms with Crippen LogP contribution in [0.15, 0.2) is 69.6 Å². The van der Waals surface area contributed by atoms with Crippen LogP contribution < -0.4 is 0 Å². The average Bonchev–Trinajstić information content (AvgIpc) is 3.04. The maximum absolute atomic E-state index is 13.9. The molecule has 0 aliphatic carbocycles. The predicted molar refractivity (Wildman–Crippen MR) is 113 cm³/mol. The molecule has 1 N–H and O–H groups in total. The molecule has 0 atom stereocenters. The molecule has 0 amide bonds. The minimum absolute atomic E-state index is 0.0292. The zero-order valence-corrected chi connectivity index (χ0v) is 17.9. The molecule has 8 heteroatoms. The lowest BCUT2D eigenvalue weighted by molar-refractivity contribution is -0.146. The van der Waals surface area contributed by atoms with Gasteiger partial charge in [-0.25, -0.2) is 4.98 Å². The van der Waals surface area contributed by atoms with E-state index in [1.54, 1.807) is 42.5 Å². The summed E-state index contributed by atoms with van der Waals surface area (Å²) in [4.78, 5) is 4.02. The summed E-state index contributed by atoms with van der Waals surface area (Å²) < 4.78 is 43.9. The van der Waals surface area contributed by atoms with Crippen LogP contribution in [0.3, 0.4) is 0 Å². The molecule has 0 spiro atoms. The van der Waals surface area contributed by atoms with Crippen LogP contribution in [0, 0.1) is 0 Å². The molecule has 0 saturated heterocycles. The van der Waals surface area contributed by atoms with Crippen molar-refractivity contribution in [2.45, 2.75) is 12.7 Å². The molecule has 0 aliphatic heterocycles. The van der Waals surface area contributed by atoms with E-state index in [4.69, 9.17) is 0 Å². The summed E-state index contributed by atoms with van der Waals surface area (Å²) in [6, 6.07) is 16.9. The Morgan fingerprint density at radius 3 is 2.21 bits per heavy atom. The summed E-state index contributed by atoms with van der Waals surface area (Å²) in [6.45, 7) is 0.0292. The van der Waals surface area contributed by atoms with Gasteiger partial charge in [-0.15, -0.1) is 0 Å². The van der Waals surface area contributed by atoms with Crippen LogP contribution in [0.2, 0.25) is 0 Å². The molecule has 1 heterocycles. The Morgan fingerprint density at radius 1 is 0.931 bits per heavy atom. The van der Waals surface area contributed by atoms with E-state index < -0.39 is 12.0 Å². The van der Waals surface area contributed by atoms with Crippen molar-refractivity contribution in [3.05, 3.63) is 81.0 Å². The highest BCUT2D eigenvalue weighted by atomic mass is 79.9. The highest BCUT2D eigenvalue weighted by Gasteiger charge is 2.38. The van der Waals surface area contributed by atoms with Gasteiger partial charge in [-0.2, -0.15) is 13.2 Å². The summed E-state index contributed by atoms with van der Waals surface area (Å²) in [5.41, 5.74) is 2.48. The smallest absolute Gasteiger partial charge is 0.449 e. The fourth-order valence-corrected chi connectivity index (χ4v) is 4.86. The number of benzene rings is 3. The van der Waals surface area contributed by atoms with Crippen LogP contribution in [-0.2, 0) is 12.7 Å². The highest BCUT2D eigenvalue weighted by molar-refractivity contribution is 9.11. The summed E-state index contributed by atoms with van der Waals surface area (Å²) in [6.07, 6.45) is -4.62. The van der Waals surface area contributed by atoms with Gasteiger partial charge in [0.25, 0.3) is 0 Å². The Morgan fingerprint density at radius 2 is 1.59 bits per heavy atom. The maximum atomic E-state index is 13.9. The number of aromatic nitrogens is 2.